The number of hydrogen-bond acceptors (Lipinski definition) is 5. The van der Waals surface area contributed by atoms with E-state index < -0.39 is 5.66 Å². The number of methoxy groups -OCH3 is 1. The van der Waals surface area contributed by atoms with Crippen LogP contribution in [-0.4, -0.2) is 47.5 Å². The monoisotopic (exact) mass is 393 g/mol. The lowest BCUT2D eigenvalue weighted by molar-refractivity contribution is -0.130. The van der Waals surface area contributed by atoms with Crippen LogP contribution in [0.15, 0.2) is 53.5 Å². The first-order valence-corrected chi connectivity index (χ1v) is 10.0. The van der Waals surface area contributed by atoms with Gasteiger partial charge in [-0.2, -0.15) is 0 Å². The molecule has 1 saturated heterocycles. The fraction of sp³-hybridized carbons (Fsp3) is 0.391. The number of phenolic OH excluding ortho intramolecular Hbond substituents is 1. The molecule has 2 heterocycles. The lowest BCUT2D eigenvalue weighted by atomic mass is 9.87. The number of likely N-dealkylation sites (tertiary alicyclic amines) is 1. The minimum Gasteiger partial charge on any atom is -0.507 e. The van der Waals surface area contributed by atoms with Crippen LogP contribution in [0.4, 0.5) is 0 Å². The minimum atomic E-state index is -0.438. The van der Waals surface area contributed by atoms with Gasteiger partial charge in [0, 0.05) is 56.6 Å². The second kappa shape index (κ2) is 7.87. The number of aliphatic imine (C=N–C) groups is 1. The quantitative estimate of drug-likeness (QED) is 0.839. The summed E-state index contributed by atoms with van der Waals surface area (Å²) in [6, 6.07) is 15.5. The first-order chi connectivity index (χ1) is 14.0. The van der Waals surface area contributed by atoms with Gasteiger partial charge in [0.05, 0.1) is 7.11 Å². The van der Waals surface area contributed by atoms with Crippen molar-refractivity contribution in [3.63, 3.8) is 0 Å². The molecule has 29 heavy (non-hydrogen) atoms. The molecule has 1 atom stereocenters. The van der Waals surface area contributed by atoms with Crippen molar-refractivity contribution >= 4 is 11.6 Å². The summed E-state index contributed by atoms with van der Waals surface area (Å²) in [6.07, 6.45) is 2.18. The van der Waals surface area contributed by atoms with E-state index in [2.05, 4.69) is 17.4 Å². The normalized spacial score (nSPS) is 21.0. The highest BCUT2D eigenvalue weighted by Gasteiger charge is 2.40. The van der Waals surface area contributed by atoms with Crippen LogP contribution >= 0.6 is 0 Å². The second-order valence-corrected chi connectivity index (χ2v) is 7.79. The number of phenols is 1. The van der Waals surface area contributed by atoms with Crippen LogP contribution in [0.2, 0.25) is 0 Å². The first kappa shape index (κ1) is 19.5. The van der Waals surface area contributed by atoms with Crippen LogP contribution in [0.5, 0.6) is 11.5 Å². The maximum absolute atomic E-state index is 11.8. The van der Waals surface area contributed by atoms with Gasteiger partial charge in [-0.25, -0.2) is 0 Å². The zero-order chi connectivity index (χ0) is 20.4. The highest BCUT2D eigenvalue weighted by Crippen LogP contribution is 2.36. The molecule has 1 fully saturated rings. The van der Waals surface area contributed by atoms with Gasteiger partial charge in [-0.1, -0.05) is 24.3 Å². The number of piperidine rings is 1. The Morgan fingerprint density at radius 3 is 2.48 bits per heavy atom. The van der Waals surface area contributed by atoms with E-state index in [1.807, 2.05) is 35.2 Å². The average Bonchev–Trinajstić information content (AvgIpc) is 2.74. The molecular weight excluding hydrogens is 366 g/mol. The van der Waals surface area contributed by atoms with Crippen molar-refractivity contribution in [2.24, 2.45) is 4.99 Å². The number of aromatic hydroxyl groups is 1. The molecule has 0 bridgehead atoms. The number of rotatable bonds is 3. The molecule has 2 aliphatic rings. The summed E-state index contributed by atoms with van der Waals surface area (Å²) in [6.45, 7) is 2.97. The van der Waals surface area contributed by atoms with Crippen LogP contribution in [-0.2, 0) is 4.79 Å². The van der Waals surface area contributed by atoms with Gasteiger partial charge in [-0.15, -0.1) is 0 Å². The highest BCUT2D eigenvalue weighted by molar-refractivity contribution is 6.03. The van der Waals surface area contributed by atoms with Crippen molar-refractivity contribution in [3.8, 4) is 11.5 Å². The van der Waals surface area contributed by atoms with Gasteiger partial charge in [0.25, 0.3) is 0 Å². The minimum absolute atomic E-state index is 0.0666. The Balaban J connectivity index is 1.69. The van der Waals surface area contributed by atoms with E-state index in [0.29, 0.717) is 19.5 Å². The molecule has 0 aromatic heterocycles. The largest absolute Gasteiger partial charge is 0.507 e. The molecule has 6 nitrogen and oxygen atoms in total. The molecule has 6 heteroatoms. The number of amides is 1. The van der Waals surface area contributed by atoms with Gasteiger partial charge in [0.2, 0.25) is 5.91 Å². The van der Waals surface area contributed by atoms with Crippen molar-refractivity contribution in [1.29, 1.82) is 0 Å². The number of nitrogens with one attached hydrogen (secondary N) is 1. The summed E-state index contributed by atoms with van der Waals surface area (Å²) >= 11 is 0. The van der Waals surface area contributed by atoms with E-state index in [4.69, 9.17) is 9.73 Å². The Morgan fingerprint density at radius 1 is 1.17 bits per heavy atom. The summed E-state index contributed by atoms with van der Waals surface area (Å²) < 4.78 is 5.29. The zero-order valence-electron chi connectivity index (χ0n) is 16.9. The molecule has 4 rings (SSSR count). The van der Waals surface area contributed by atoms with Crippen LogP contribution in [0.3, 0.4) is 0 Å². The molecule has 152 valence electrons. The summed E-state index contributed by atoms with van der Waals surface area (Å²) in [5.74, 6) is 1.17. The van der Waals surface area contributed by atoms with Crippen LogP contribution in [0.1, 0.15) is 43.4 Å². The number of nitrogens with zero attached hydrogens (tertiary/aromatic N) is 2. The SMILES string of the molecule is COc1ccc(C2CC(c3ccccc3O)=NC3(CCN(C(C)=O)CC3)N2)cc1. The molecule has 1 spiro atoms. The van der Waals surface area contributed by atoms with E-state index in [1.165, 1.54) is 0 Å². The summed E-state index contributed by atoms with van der Waals surface area (Å²) in [7, 11) is 1.66. The summed E-state index contributed by atoms with van der Waals surface area (Å²) in [5.41, 5.74) is 2.40. The van der Waals surface area contributed by atoms with E-state index >= 15 is 0 Å². The predicted molar refractivity (Wildman–Crippen MR) is 112 cm³/mol. The van der Waals surface area contributed by atoms with Crippen LogP contribution < -0.4 is 10.1 Å². The molecular formula is C23H27N3O3. The molecule has 0 radical (unpaired) electrons. The third-order valence-electron chi connectivity index (χ3n) is 5.96. The molecule has 1 unspecified atom stereocenters. The maximum Gasteiger partial charge on any atom is 0.219 e. The number of benzene rings is 2. The number of carbonyl (C=O) groups excluding carboxylic acids is 1. The molecule has 2 aliphatic heterocycles. The Kier molecular flexibility index (Phi) is 5.28. The Bertz CT molecular complexity index is 915. The summed E-state index contributed by atoms with van der Waals surface area (Å²) in [5, 5.41) is 14.2. The van der Waals surface area contributed by atoms with Crippen molar-refractivity contribution < 1.29 is 14.6 Å². The molecule has 0 saturated carbocycles. The number of hydrogen-bond donors (Lipinski definition) is 2. The number of carbonyl (C=O) groups is 1. The second-order valence-electron chi connectivity index (χ2n) is 7.79. The molecule has 0 aliphatic carbocycles. The lowest BCUT2D eigenvalue weighted by Crippen LogP contribution is -2.56. The average molecular weight is 393 g/mol. The van der Waals surface area contributed by atoms with Gasteiger partial charge >= 0.3 is 0 Å². The standard InChI is InChI=1S/C23H27N3O3/c1-16(27)26-13-11-23(12-14-26)24-20(17-7-9-18(29-2)10-8-17)15-21(25-23)19-5-3-4-6-22(19)28/h3-10,20,24,28H,11-15H2,1-2H3. The fourth-order valence-corrected chi connectivity index (χ4v) is 4.28. The Hall–Kier alpha value is -2.86. The number of ether oxygens (including phenoxy) is 1. The van der Waals surface area contributed by atoms with E-state index in [9.17, 15) is 9.90 Å². The van der Waals surface area contributed by atoms with Crippen molar-refractivity contribution in [2.75, 3.05) is 20.2 Å². The van der Waals surface area contributed by atoms with Gasteiger partial charge in [-0.05, 0) is 29.8 Å². The maximum atomic E-state index is 11.8. The lowest BCUT2D eigenvalue weighted by Gasteiger charge is -2.45. The highest BCUT2D eigenvalue weighted by atomic mass is 16.5. The smallest absolute Gasteiger partial charge is 0.219 e. The number of para-hydroxylation sites is 1. The first-order valence-electron chi connectivity index (χ1n) is 10.0. The van der Waals surface area contributed by atoms with E-state index in [0.717, 1.165) is 35.4 Å². The molecule has 2 aromatic rings. The third kappa shape index (κ3) is 3.98. The van der Waals surface area contributed by atoms with E-state index in [-0.39, 0.29) is 17.7 Å². The van der Waals surface area contributed by atoms with Gasteiger partial charge in [0.1, 0.15) is 17.2 Å². The van der Waals surface area contributed by atoms with Gasteiger partial charge < -0.3 is 14.7 Å². The molecule has 1 amide bonds. The summed E-state index contributed by atoms with van der Waals surface area (Å²) in [4.78, 5) is 18.7. The van der Waals surface area contributed by atoms with Crippen LogP contribution in [0.25, 0.3) is 0 Å². The molecule has 2 aromatic carbocycles. The Morgan fingerprint density at radius 2 is 1.86 bits per heavy atom. The zero-order valence-corrected chi connectivity index (χ0v) is 16.9. The Labute approximate surface area is 171 Å². The third-order valence-corrected chi connectivity index (χ3v) is 5.96. The van der Waals surface area contributed by atoms with Crippen molar-refractivity contribution in [2.45, 2.75) is 37.9 Å². The van der Waals surface area contributed by atoms with E-state index in [1.54, 1.807) is 20.1 Å². The van der Waals surface area contributed by atoms with Crippen molar-refractivity contribution in [3.05, 3.63) is 59.7 Å². The van der Waals surface area contributed by atoms with Crippen LogP contribution in [0, 0.1) is 0 Å². The molecule has 2 N–H and O–H groups in total. The fourth-order valence-electron chi connectivity index (χ4n) is 4.28. The van der Waals surface area contributed by atoms with Gasteiger partial charge in [-0.3, -0.25) is 15.1 Å². The topological polar surface area (TPSA) is 74.2 Å². The van der Waals surface area contributed by atoms with Gasteiger partial charge in [0.15, 0.2) is 0 Å². The predicted octanol–water partition coefficient (Wildman–Crippen LogP) is 3.26. The van der Waals surface area contributed by atoms with Crippen molar-refractivity contribution in [1.82, 2.24) is 10.2 Å².